The van der Waals surface area contributed by atoms with Crippen LogP contribution in [-0.4, -0.2) is 5.91 Å². The summed E-state index contributed by atoms with van der Waals surface area (Å²) in [6.45, 7) is 2.09. The number of aryl methyl sites for hydroxylation is 1. The molecule has 3 rings (SSSR count). The summed E-state index contributed by atoms with van der Waals surface area (Å²) in [6, 6.07) is 6.57. The fraction of sp³-hybridized carbons (Fsp3) is 0.588. The highest BCUT2D eigenvalue weighted by atomic mass is 16.1. The van der Waals surface area contributed by atoms with Crippen LogP contribution < -0.4 is 5.32 Å². The minimum Gasteiger partial charge on any atom is -0.326 e. The van der Waals surface area contributed by atoms with Crippen molar-refractivity contribution in [2.45, 2.75) is 57.8 Å². The third-order valence-corrected chi connectivity index (χ3v) is 4.78. The summed E-state index contributed by atoms with van der Waals surface area (Å²) in [4.78, 5) is 11.9. The van der Waals surface area contributed by atoms with Crippen LogP contribution in [0.15, 0.2) is 18.2 Å². The van der Waals surface area contributed by atoms with Gasteiger partial charge in [0.15, 0.2) is 0 Å². The first-order chi connectivity index (χ1) is 9.24. The third kappa shape index (κ3) is 2.68. The summed E-state index contributed by atoms with van der Waals surface area (Å²) in [5, 5.41) is 3.09. The quantitative estimate of drug-likeness (QED) is 0.794. The topological polar surface area (TPSA) is 29.1 Å². The van der Waals surface area contributed by atoms with Crippen LogP contribution in [0.3, 0.4) is 0 Å². The number of hydrogen-bond donors (Lipinski definition) is 1. The van der Waals surface area contributed by atoms with E-state index in [1.54, 1.807) is 0 Å². The van der Waals surface area contributed by atoms with E-state index in [0.717, 1.165) is 18.0 Å². The predicted octanol–water partition coefficient (Wildman–Crippen LogP) is 4.39. The highest BCUT2D eigenvalue weighted by Crippen LogP contribution is 2.42. The number of benzene rings is 1. The molecule has 1 aromatic rings. The Morgan fingerprint density at radius 3 is 2.68 bits per heavy atom. The lowest BCUT2D eigenvalue weighted by Crippen LogP contribution is -2.16. The van der Waals surface area contributed by atoms with Gasteiger partial charge in [-0.3, -0.25) is 4.79 Å². The van der Waals surface area contributed by atoms with Crippen LogP contribution in [0, 0.1) is 12.8 Å². The van der Waals surface area contributed by atoms with Gasteiger partial charge in [-0.25, -0.2) is 0 Å². The lowest BCUT2D eigenvalue weighted by atomic mass is 9.75. The van der Waals surface area contributed by atoms with Gasteiger partial charge in [-0.1, -0.05) is 31.4 Å². The Labute approximate surface area is 115 Å². The zero-order chi connectivity index (χ0) is 13.2. The molecular formula is C17H23NO. The molecule has 0 radical (unpaired) electrons. The van der Waals surface area contributed by atoms with E-state index in [1.165, 1.54) is 43.2 Å². The second-order valence-electron chi connectivity index (χ2n) is 6.18. The van der Waals surface area contributed by atoms with E-state index in [1.807, 2.05) is 0 Å². The SMILES string of the molecule is Cc1ccc2c(c1)NC(=O)CCC2C1CCCCC1. The maximum Gasteiger partial charge on any atom is 0.224 e. The summed E-state index contributed by atoms with van der Waals surface area (Å²) in [5.41, 5.74) is 3.67. The highest BCUT2D eigenvalue weighted by Gasteiger charge is 2.29. The van der Waals surface area contributed by atoms with Gasteiger partial charge in [0.25, 0.3) is 0 Å². The number of hydrogen-bond acceptors (Lipinski definition) is 1. The molecule has 1 aromatic carbocycles. The molecule has 2 heteroatoms. The summed E-state index contributed by atoms with van der Waals surface area (Å²) in [7, 11) is 0. The first-order valence-corrected chi connectivity index (χ1v) is 7.64. The van der Waals surface area contributed by atoms with E-state index >= 15 is 0 Å². The van der Waals surface area contributed by atoms with Crippen molar-refractivity contribution in [1.82, 2.24) is 0 Å². The molecule has 1 atom stereocenters. The monoisotopic (exact) mass is 257 g/mol. The van der Waals surface area contributed by atoms with Crippen molar-refractivity contribution in [2.24, 2.45) is 5.92 Å². The van der Waals surface area contributed by atoms with E-state index in [4.69, 9.17) is 0 Å². The van der Waals surface area contributed by atoms with Crippen molar-refractivity contribution >= 4 is 11.6 Å². The summed E-state index contributed by atoms with van der Waals surface area (Å²) < 4.78 is 0. The van der Waals surface area contributed by atoms with Gasteiger partial charge in [0.05, 0.1) is 0 Å². The number of carbonyl (C=O) groups is 1. The van der Waals surface area contributed by atoms with Crippen molar-refractivity contribution in [3.05, 3.63) is 29.3 Å². The van der Waals surface area contributed by atoms with Crippen LogP contribution >= 0.6 is 0 Å². The molecule has 0 saturated heterocycles. The van der Waals surface area contributed by atoms with Crippen LogP contribution in [0.1, 0.15) is 62.0 Å². The molecule has 1 amide bonds. The molecule has 2 nitrogen and oxygen atoms in total. The Hall–Kier alpha value is -1.31. The van der Waals surface area contributed by atoms with Gasteiger partial charge in [-0.15, -0.1) is 0 Å². The smallest absolute Gasteiger partial charge is 0.224 e. The Morgan fingerprint density at radius 2 is 1.89 bits per heavy atom. The summed E-state index contributed by atoms with van der Waals surface area (Å²) >= 11 is 0. The average molecular weight is 257 g/mol. The molecule has 2 aliphatic rings. The molecule has 1 unspecified atom stereocenters. The Bertz CT molecular complexity index is 474. The average Bonchev–Trinajstić information content (AvgIpc) is 2.57. The Morgan fingerprint density at radius 1 is 1.11 bits per heavy atom. The van der Waals surface area contributed by atoms with Crippen LogP contribution in [0.4, 0.5) is 5.69 Å². The normalized spacial score (nSPS) is 24.5. The summed E-state index contributed by atoms with van der Waals surface area (Å²) in [6.07, 6.45) is 8.49. The zero-order valence-corrected chi connectivity index (χ0v) is 11.7. The van der Waals surface area contributed by atoms with Gasteiger partial charge in [0.1, 0.15) is 0 Å². The molecule has 1 saturated carbocycles. The number of amides is 1. The first-order valence-electron chi connectivity index (χ1n) is 7.64. The largest absolute Gasteiger partial charge is 0.326 e. The number of fused-ring (bicyclic) bond motifs is 1. The van der Waals surface area contributed by atoms with Crippen molar-refractivity contribution in [1.29, 1.82) is 0 Å². The van der Waals surface area contributed by atoms with Gasteiger partial charge in [-0.2, -0.15) is 0 Å². The molecule has 1 aliphatic carbocycles. The maximum atomic E-state index is 11.9. The van der Waals surface area contributed by atoms with Gasteiger partial charge in [0, 0.05) is 12.1 Å². The molecular weight excluding hydrogens is 234 g/mol. The molecule has 0 spiro atoms. The number of rotatable bonds is 1. The fourth-order valence-corrected chi connectivity index (χ4v) is 3.78. The van der Waals surface area contributed by atoms with E-state index in [0.29, 0.717) is 12.3 Å². The Kier molecular flexibility index (Phi) is 3.58. The fourth-order valence-electron chi connectivity index (χ4n) is 3.78. The van der Waals surface area contributed by atoms with Crippen molar-refractivity contribution < 1.29 is 4.79 Å². The molecule has 19 heavy (non-hydrogen) atoms. The highest BCUT2D eigenvalue weighted by molar-refractivity contribution is 5.92. The Balaban J connectivity index is 1.94. The number of anilines is 1. The lowest BCUT2D eigenvalue weighted by molar-refractivity contribution is -0.116. The van der Waals surface area contributed by atoms with E-state index in [-0.39, 0.29) is 5.91 Å². The standard InChI is InChI=1S/C17H23NO/c1-12-7-8-15-14(13-5-3-2-4-6-13)9-10-17(19)18-16(15)11-12/h7-8,11,13-14H,2-6,9-10H2,1H3,(H,18,19). The van der Waals surface area contributed by atoms with Crippen LogP contribution in [0.5, 0.6) is 0 Å². The molecule has 1 aliphatic heterocycles. The molecule has 1 fully saturated rings. The number of nitrogens with one attached hydrogen (secondary N) is 1. The molecule has 0 bridgehead atoms. The minimum absolute atomic E-state index is 0.185. The van der Waals surface area contributed by atoms with Crippen molar-refractivity contribution in [3.63, 3.8) is 0 Å². The molecule has 1 heterocycles. The second-order valence-corrected chi connectivity index (χ2v) is 6.18. The maximum absolute atomic E-state index is 11.9. The van der Waals surface area contributed by atoms with Gasteiger partial charge in [-0.05, 0) is 55.2 Å². The predicted molar refractivity (Wildman–Crippen MR) is 78.4 cm³/mol. The van der Waals surface area contributed by atoms with E-state index < -0.39 is 0 Å². The van der Waals surface area contributed by atoms with Gasteiger partial charge in [0.2, 0.25) is 5.91 Å². The lowest BCUT2D eigenvalue weighted by Gasteiger charge is -2.30. The van der Waals surface area contributed by atoms with Gasteiger partial charge < -0.3 is 5.32 Å². The van der Waals surface area contributed by atoms with Crippen LogP contribution in [0.25, 0.3) is 0 Å². The minimum atomic E-state index is 0.185. The molecule has 102 valence electrons. The van der Waals surface area contributed by atoms with Crippen molar-refractivity contribution in [3.8, 4) is 0 Å². The van der Waals surface area contributed by atoms with Crippen molar-refractivity contribution in [2.75, 3.05) is 5.32 Å². The summed E-state index contributed by atoms with van der Waals surface area (Å²) in [5.74, 6) is 1.54. The first kappa shape index (κ1) is 12.7. The molecule has 0 aromatic heterocycles. The number of carbonyl (C=O) groups excluding carboxylic acids is 1. The van der Waals surface area contributed by atoms with E-state index in [9.17, 15) is 4.79 Å². The van der Waals surface area contributed by atoms with E-state index in [2.05, 4.69) is 30.4 Å². The zero-order valence-electron chi connectivity index (χ0n) is 11.7. The van der Waals surface area contributed by atoms with Gasteiger partial charge >= 0.3 is 0 Å². The van der Waals surface area contributed by atoms with Crippen LogP contribution in [-0.2, 0) is 4.79 Å². The molecule has 1 N–H and O–H groups in total. The second kappa shape index (κ2) is 5.36. The van der Waals surface area contributed by atoms with Crippen LogP contribution in [0.2, 0.25) is 0 Å². The third-order valence-electron chi connectivity index (χ3n) is 4.78.